The molecular formula is C16H10FN3O. The molecule has 1 aromatic carbocycles. The van der Waals surface area contributed by atoms with Gasteiger partial charge in [0.1, 0.15) is 11.5 Å². The molecule has 4 aromatic rings. The Morgan fingerprint density at radius 2 is 1.81 bits per heavy atom. The van der Waals surface area contributed by atoms with Crippen molar-refractivity contribution in [1.29, 1.82) is 0 Å². The summed E-state index contributed by atoms with van der Waals surface area (Å²) in [5.74, 6) is 0.440. The molecule has 3 heterocycles. The van der Waals surface area contributed by atoms with E-state index in [1.165, 1.54) is 12.1 Å². The number of aromatic nitrogens is 3. The zero-order valence-corrected chi connectivity index (χ0v) is 10.9. The van der Waals surface area contributed by atoms with Gasteiger partial charge in [0.15, 0.2) is 11.4 Å². The first-order valence-corrected chi connectivity index (χ1v) is 6.46. The average molecular weight is 279 g/mol. The molecule has 21 heavy (non-hydrogen) atoms. The van der Waals surface area contributed by atoms with E-state index in [2.05, 4.69) is 10.1 Å². The van der Waals surface area contributed by atoms with E-state index in [1.807, 2.05) is 30.5 Å². The second-order valence-electron chi connectivity index (χ2n) is 4.63. The van der Waals surface area contributed by atoms with Crippen molar-refractivity contribution in [2.75, 3.05) is 0 Å². The summed E-state index contributed by atoms with van der Waals surface area (Å²) >= 11 is 0. The van der Waals surface area contributed by atoms with Crippen LogP contribution in [-0.2, 0) is 0 Å². The minimum absolute atomic E-state index is 0.263. The molecule has 0 aliphatic carbocycles. The van der Waals surface area contributed by atoms with Crippen molar-refractivity contribution in [3.63, 3.8) is 0 Å². The first-order valence-electron chi connectivity index (χ1n) is 6.46. The van der Waals surface area contributed by atoms with Crippen molar-refractivity contribution in [2.24, 2.45) is 0 Å². The monoisotopic (exact) mass is 279 g/mol. The molecule has 0 fully saturated rings. The highest BCUT2D eigenvalue weighted by Crippen LogP contribution is 2.21. The molecule has 0 spiro atoms. The van der Waals surface area contributed by atoms with E-state index in [1.54, 1.807) is 22.9 Å². The van der Waals surface area contributed by atoms with Crippen LogP contribution in [0.25, 0.3) is 28.4 Å². The second-order valence-corrected chi connectivity index (χ2v) is 4.63. The van der Waals surface area contributed by atoms with Gasteiger partial charge in [-0.1, -0.05) is 0 Å². The van der Waals surface area contributed by atoms with Gasteiger partial charge in [-0.3, -0.25) is 0 Å². The number of nitrogens with zero attached hydrogens (tertiary/aromatic N) is 3. The molecule has 0 N–H and O–H groups in total. The van der Waals surface area contributed by atoms with E-state index in [-0.39, 0.29) is 5.82 Å². The third-order valence-electron chi connectivity index (χ3n) is 3.23. The maximum absolute atomic E-state index is 13.0. The molecule has 0 unspecified atom stereocenters. The van der Waals surface area contributed by atoms with Crippen LogP contribution in [0.1, 0.15) is 0 Å². The van der Waals surface area contributed by atoms with Gasteiger partial charge in [0, 0.05) is 5.56 Å². The maximum Gasteiger partial charge on any atom is 0.154 e. The molecule has 5 heteroatoms. The van der Waals surface area contributed by atoms with Crippen LogP contribution in [0.2, 0.25) is 0 Å². The summed E-state index contributed by atoms with van der Waals surface area (Å²) < 4.78 is 20.0. The Labute approximate surface area is 119 Å². The zero-order valence-electron chi connectivity index (χ0n) is 10.9. The van der Waals surface area contributed by atoms with Gasteiger partial charge < -0.3 is 4.42 Å². The second kappa shape index (κ2) is 4.56. The largest absolute Gasteiger partial charge is 0.463 e. The third kappa shape index (κ3) is 2.08. The molecular weight excluding hydrogens is 269 g/mol. The first-order chi connectivity index (χ1) is 10.3. The van der Waals surface area contributed by atoms with Crippen molar-refractivity contribution in [2.45, 2.75) is 0 Å². The average Bonchev–Trinajstić information content (AvgIpc) is 3.16. The molecule has 4 rings (SSSR count). The Morgan fingerprint density at radius 1 is 0.952 bits per heavy atom. The minimum Gasteiger partial charge on any atom is -0.463 e. The first kappa shape index (κ1) is 11.8. The van der Waals surface area contributed by atoms with Gasteiger partial charge in [-0.2, -0.15) is 5.10 Å². The smallest absolute Gasteiger partial charge is 0.154 e. The van der Waals surface area contributed by atoms with Crippen LogP contribution < -0.4 is 0 Å². The summed E-state index contributed by atoms with van der Waals surface area (Å²) in [5, 5.41) is 4.47. The molecule has 0 atom stereocenters. The van der Waals surface area contributed by atoms with Crippen LogP contribution in [-0.4, -0.2) is 14.6 Å². The molecule has 0 radical (unpaired) electrons. The molecule has 0 aliphatic heterocycles. The fraction of sp³-hybridized carbons (Fsp3) is 0. The van der Waals surface area contributed by atoms with Gasteiger partial charge >= 0.3 is 0 Å². The van der Waals surface area contributed by atoms with E-state index in [0.717, 1.165) is 22.6 Å². The van der Waals surface area contributed by atoms with Crippen molar-refractivity contribution >= 4 is 5.65 Å². The maximum atomic E-state index is 13.0. The summed E-state index contributed by atoms with van der Waals surface area (Å²) in [4.78, 5) is 4.48. The summed E-state index contributed by atoms with van der Waals surface area (Å²) in [5.41, 5.74) is 3.06. The van der Waals surface area contributed by atoms with Gasteiger partial charge in [0.2, 0.25) is 0 Å². The van der Waals surface area contributed by atoms with Crippen molar-refractivity contribution in [3.05, 3.63) is 66.8 Å². The number of fused-ring (bicyclic) bond motifs is 1. The standard InChI is InChI=1S/C16H10FN3O/c17-12-5-3-11(4-6-12)14-10-20-16(18-14)8-7-13(19-20)15-2-1-9-21-15/h1-10H. The van der Waals surface area contributed by atoms with Crippen LogP contribution >= 0.6 is 0 Å². The quantitative estimate of drug-likeness (QED) is 0.560. The molecule has 0 saturated carbocycles. The van der Waals surface area contributed by atoms with Crippen molar-refractivity contribution < 1.29 is 8.81 Å². The summed E-state index contributed by atoms with van der Waals surface area (Å²) in [6, 6.07) is 13.6. The van der Waals surface area contributed by atoms with E-state index in [0.29, 0.717) is 5.76 Å². The zero-order chi connectivity index (χ0) is 14.2. The Balaban J connectivity index is 1.81. The third-order valence-corrected chi connectivity index (χ3v) is 3.23. The lowest BCUT2D eigenvalue weighted by Crippen LogP contribution is -1.91. The van der Waals surface area contributed by atoms with Crippen LogP contribution in [0.3, 0.4) is 0 Å². The highest BCUT2D eigenvalue weighted by atomic mass is 19.1. The van der Waals surface area contributed by atoms with E-state index in [9.17, 15) is 4.39 Å². The molecule has 0 aliphatic rings. The lowest BCUT2D eigenvalue weighted by atomic mass is 10.2. The number of benzene rings is 1. The Morgan fingerprint density at radius 3 is 2.57 bits per heavy atom. The molecule has 0 saturated heterocycles. The number of rotatable bonds is 2. The van der Waals surface area contributed by atoms with Crippen molar-refractivity contribution in [3.8, 4) is 22.7 Å². The van der Waals surface area contributed by atoms with Crippen LogP contribution in [0.5, 0.6) is 0 Å². The molecule has 102 valence electrons. The Kier molecular flexibility index (Phi) is 2.57. The highest BCUT2D eigenvalue weighted by Gasteiger charge is 2.08. The molecule has 0 amide bonds. The lowest BCUT2D eigenvalue weighted by molar-refractivity contribution is 0.578. The number of furan rings is 1. The van der Waals surface area contributed by atoms with Crippen LogP contribution in [0, 0.1) is 5.82 Å². The summed E-state index contributed by atoms with van der Waals surface area (Å²) in [6.45, 7) is 0. The number of hydrogen-bond acceptors (Lipinski definition) is 3. The summed E-state index contributed by atoms with van der Waals surface area (Å²) in [7, 11) is 0. The molecule has 0 bridgehead atoms. The SMILES string of the molecule is Fc1ccc(-c2cn3nc(-c4ccco4)ccc3n2)cc1. The predicted octanol–water partition coefficient (Wildman–Crippen LogP) is 3.80. The highest BCUT2D eigenvalue weighted by molar-refractivity contribution is 5.63. The van der Waals surface area contributed by atoms with Crippen LogP contribution in [0.4, 0.5) is 4.39 Å². The molecule has 3 aromatic heterocycles. The Bertz CT molecular complexity index is 895. The number of halogens is 1. The fourth-order valence-corrected chi connectivity index (χ4v) is 2.20. The van der Waals surface area contributed by atoms with Gasteiger partial charge in [-0.15, -0.1) is 0 Å². The number of imidazole rings is 1. The van der Waals surface area contributed by atoms with Crippen molar-refractivity contribution in [1.82, 2.24) is 14.6 Å². The number of hydrogen-bond donors (Lipinski definition) is 0. The van der Waals surface area contributed by atoms with E-state index >= 15 is 0 Å². The van der Waals surface area contributed by atoms with Gasteiger partial charge in [0.25, 0.3) is 0 Å². The topological polar surface area (TPSA) is 43.3 Å². The normalized spacial score (nSPS) is 11.1. The van der Waals surface area contributed by atoms with Gasteiger partial charge in [-0.05, 0) is 48.5 Å². The minimum atomic E-state index is -0.263. The van der Waals surface area contributed by atoms with E-state index < -0.39 is 0 Å². The van der Waals surface area contributed by atoms with Gasteiger partial charge in [-0.25, -0.2) is 13.9 Å². The lowest BCUT2D eigenvalue weighted by Gasteiger charge is -1.96. The van der Waals surface area contributed by atoms with E-state index in [4.69, 9.17) is 4.42 Å². The Hall–Kier alpha value is -2.95. The predicted molar refractivity (Wildman–Crippen MR) is 76.1 cm³/mol. The summed E-state index contributed by atoms with van der Waals surface area (Å²) in [6.07, 6.45) is 3.42. The van der Waals surface area contributed by atoms with Crippen LogP contribution in [0.15, 0.2) is 65.4 Å². The molecule has 4 nitrogen and oxygen atoms in total. The van der Waals surface area contributed by atoms with Gasteiger partial charge in [0.05, 0.1) is 18.2 Å². The fourth-order valence-electron chi connectivity index (χ4n) is 2.20.